The minimum atomic E-state index is -1.17. The first-order valence-corrected chi connectivity index (χ1v) is 6.19. The van der Waals surface area contributed by atoms with Crippen molar-refractivity contribution in [2.45, 2.75) is 26.3 Å². The van der Waals surface area contributed by atoms with Crippen molar-refractivity contribution in [3.8, 4) is 0 Å². The highest BCUT2D eigenvalue weighted by Crippen LogP contribution is 2.13. The number of hydrogen-bond donors (Lipinski definition) is 3. The van der Waals surface area contributed by atoms with Crippen molar-refractivity contribution >= 4 is 18.0 Å². The van der Waals surface area contributed by atoms with E-state index in [0.29, 0.717) is 0 Å². The lowest BCUT2D eigenvalue weighted by Gasteiger charge is -2.11. The fraction of sp³-hybridized carbons (Fsp3) is 0.462. The Hall–Kier alpha value is -2.15. The van der Waals surface area contributed by atoms with E-state index in [1.807, 2.05) is 13.8 Å². The molecule has 7 nitrogen and oxygen atoms in total. The lowest BCUT2D eigenvalue weighted by molar-refractivity contribution is -0.141. The highest BCUT2D eigenvalue weighted by molar-refractivity contribution is 5.94. The molecule has 0 aromatic carbocycles. The van der Waals surface area contributed by atoms with E-state index in [1.165, 1.54) is 6.08 Å². The van der Waals surface area contributed by atoms with Gasteiger partial charge in [-0.05, 0) is 19.9 Å². The summed E-state index contributed by atoms with van der Waals surface area (Å²) in [5, 5.41) is 24.1. The Morgan fingerprint density at radius 2 is 2.10 bits per heavy atom. The Morgan fingerprint density at radius 1 is 1.45 bits per heavy atom. The van der Waals surface area contributed by atoms with Gasteiger partial charge in [-0.1, -0.05) is 0 Å². The molecule has 1 aromatic rings. The van der Waals surface area contributed by atoms with Crippen LogP contribution in [0.15, 0.2) is 6.08 Å². The summed E-state index contributed by atoms with van der Waals surface area (Å²) in [7, 11) is 1.81. The van der Waals surface area contributed by atoms with E-state index in [1.54, 1.807) is 17.8 Å². The molecule has 0 saturated carbocycles. The molecule has 0 bridgehead atoms. The number of hydrogen-bond acceptors (Lipinski definition) is 4. The highest BCUT2D eigenvalue weighted by atomic mass is 16.4. The highest BCUT2D eigenvalue weighted by Gasteiger charge is 2.18. The average molecular weight is 281 g/mol. The van der Waals surface area contributed by atoms with Gasteiger partial charge in [0.05, 0.1) is 5.69 Å². The first-order chi connectivity index (χ1) is 9.36. The first kappa shape index (κ1) is 15.9. The van der Waals surface area contributed by atoms with Crippen LogP contribution in [0.3, 0.4) is 0 Å². The van der Waals surface area contributed by atoms with Gasteiger partial charge in [-0.25, -0.2) is 4.79 Å². The van der Waals surface area contributed by atoms with Gasteiger partial charge < -0.3 is 15.5 Å². The number of aryl methyl sites for hydroxylation is 2. The van der Waals surface area contributed by atoms with E-state index in [4.69, 9.17) is 10.2 Å². The van der Waals surface area contributed by atoms with Gasteiger partial charge in [0, 0.05) is 37.4 Å². The maximum Gasteiger partial charge on any atom is 0.326 e. The molecule has 1 atom stereocenters. The van der Waals surface area contributed by atoms with E-state index in [-0.39, 0.29) is 13.0 Å². The van der Waals surface area contributed by atoms with Gasteiger partial charge in [-0.3, -0.25) is 9.48 Å². The molecule has 0 unspecified atom stereocenters. The fourth-order valence-corrected chi connectivity index (χ4v) is 1.80. The number of aromatic nitrogens is 2. The molecule has 0 aliphatic carbocycles. The molecule has 0 aliphatic rings. The van der Waals surface area contributed by atoms with Crippen molar-refractivity contribution < 1.29 is 19.8 Å². The molecule has 0 radical (unpaired) electrons. The van der Waals surface area contributed by atoms with Crippen LogP contribution in [0, 0.1) is 13.8 Å². The van der Waals surface area contributed by atoms with E-state index in [9.17, 15) is 9.59 Å². The van der Waals surface area contributed by atoms with E-state index in [2.05, 4.69) is 10.4 Å². The number of nitrogens with one attached hydrogen (secondary N) is 1. The Balaban J connectivity index is 2.74. The molecule has 20 heavy (non-hydrogen) atoms. The molecular weight excluding hydrogens is 262 g/mol. The number of aliphatic carboxylic acids is 1. The zero-order valence-electron chi connectivity index (χ0n) is 11.8. The van der Waals surface area contributed by atoms with Crippen molar-refractivity contribution in [1.82, 2.24) is 15.1 Å². The summed E-state index contributed by atoms with van der Waals surface area (Å²) in [6, 6.07) is -1.09. The molecule has 7 heteroatoms. The summed E-state index contributed by atoms with van der Waals surface area (Å²) in [5.41, 5.74) is 2.53. The molecule has 0 spiro atoms. The van der Waals surface area contributed by atoms with Crippen molar-refractivity contribution in [3.05, 3.63) is 23.0 Å². The predicted molar refractivity (Wildman–Crippen MR) is 73.0 cm³/mol. The minimum absolute atomic E-state index is 0.0279. The first-order valence-electron chi connectivity index (χ1n) is 6.19. The second-order valence-electron chi connectivity index (χ2n) is 4.45. The molecule has 1 heterocycles. The molecule has 110 valence electrons. The lowest BCUT2D eigenvalue weighted by Crippen LogP contribution is -2.40. The molecule has 3 N–H and O–H groups in total. The monoisotopic (exact) mass is 281 g/mol. The van der Waals surface area contributed by atoms with Crippen molar-refractivity contribution in [2.75, 3.05) is 6.61 Å². The number of aliphatic hydroxyl groups is 1. The van der Waals surface area contributed by atoms with E-state index in [0.717, 1.165) is 17.0 Å². The summed E-state index contributed by atoms with van der Waals surface area (Å²) >= 11 is 0. The largest absolute Gasteiger partial charge is 0.480 e. The van der Waals surface area contributed by atoms with Crippen LogP contribution in [0.25, 0.3) is 6.08 Å². The number of rotatable bonds is 6. The Kier molecular flexibility index (Phi) is 5.45. The second-order valence-corrected chi connectivity index (χ2v) is 4.45. The second kappa shape index (κ2) is 6.85. The Morgan fingerprint density at radius 3 is 2.55 bits per heavy atom. The smallest absolute Gasteiger partial charge is 0.326 e. The van der Waals surface area contributed by atoms with E-state index < -0.39 is 17.9 Å². The van der Waals surface area contributed by atoms with Crippen LogP contribution < -0.4 is 5.32 Å². The summed E-state index contributed by atoms with van der Waals surface area (Å²) in [6.07, 6.45) is 2.84. The zero-order valence-corrected chi connectivity index (χ0v) is 11.8. The van der Waals surface area contributed by atoms with Gasteiger partial charge in [0.2, 0.25) is 5.91 Å². The lowest BCUT2D eigenvalue weighted by atomic mass is 10.1. The third-order valence-corrected chi connectivity index (χ3v) is 3.00. The van der Waals surface area contributed by atoms with Crippen LogP contribution in [0.4, 0.5) is 0 Å². The topological polar surface area (TPSA) is 104 Å². The number of aliphatic hydroxyl groups excluding tert-OH is 1. The summed E-state index contributed by atoms with van der Waals surface area (Å²) in [6.45, 7) is 3.40. The van der Waals surface area contributed by atoms with Crippen LogP contribution in [0.2, 0.25) is 0 Å². The number of amides is 1. The summed E-state index contributed by atoms with van der Waals surface area (Å²) < 4.78 is 1.71. The van der Waals surface area contributed by atoms with Crippen molar-refractivity contribution in [3.63, 3.8) is 0 Å². The van der Waals surface area contributed by atoms with Crippen LogP contribution in [-0.4, -0.2) is 44.5 Å². The van der Waals surface area contributed by atoms with Crippen LogP contribution in [0.1, 0.15) is 23.4 Å². The number of carbonyl (C=O) groups excluding carboxylic acids is 1. The van der Waals surface area contributed by atoms with Gasteiger partial charge in [-0.2, -0.15) is 5.10 Å². The SMILES string of the molecule is Cc1nn(C)c(C)c1/C=C/C(=O)N[C@@H](CCO)C(=O)O. The van der Waals surface area contributed by atoms with Crippen LogP contribution in [-0.2, 0) is 16.6 Å². The van der Waals surface area contributed by atoms with Gasteiger partial charge in [0.25, 0.3) is 0 Å². The van der Waals surface area contributed by atoms with Gasteiger partial charge in [0.1, 0.15) is 6.04 Å². The van der Waals surface area contributed by atoms with Gasteiger partial charge >= 0.3 is 5.97 Å². The van der Waals surface area contributed by atoms with Crippen molar-refractivity contribution in [2.24, 2.45) is 7.05 Å². The number of carboxylic acid groups (broad SMARTS) is 1. The van der Waals surface area contributed by atoms with Crippen LogP contribution >= 0.6 is 0 Å². The van der Waals surface area contributed by atoms with Crippen LogP contribution in [0.5, 0.6) is 0 Å². The molecular formula is C13H19N3O4. The normalized spacial score (nSPS) is 12.6. The number of carbonyl (C=O) groups is 2. The molecule has 1 rings (SSSR count). The summed E-state index contributed by atoms with van der Waals surface area (Å²) in [4.78, 5) is 22.5. The van der Waals surface area contributed by atoms with Gasteiger partial charge in [-0.15, -0.1) is 0 Å². The zero-order chi connectivity index (χ0) is 15.3. The molecule has 0 saturated heterocycles. The molecule has 0 aliphatic heterocycles. The standard InChI is InChI=1S/C13H19N3O4/c1-8-10(9(2)16(3)15-8)4-5-12(18)14-11(6-7-17)13(19)20/h4-5,11,17H,6-7H2,1-3H3,(H,14,18)(H,19,20)/b5-4+/t11-/m0/s1. The maximum absolute atomic E-state index is 11.7. The van der Waals surface area contributed by atoms with Gasteiger partial charge in [0.15, 0.2) is 0 Å². The Bertz CT molecular complexity index is 534. The Labute approximate surface area is 116 Å². The third kappa shape index (κ3) is 3.92. The van der Waals surface area contributed by atoms with E-state index >= 15 is 0 Å². The summed E-state index contributed by atoms with van der Waals surface area (Å²) in [5.74, 6) is -1.69. The average Bonchev–Trinajstić information content (AvgIpc) is 2.60. The molecule has 1 amide bonds. The van der Waals surface area contributed by atoms with Crippen molar-refractivity contribution in [1.29, 1.82) is 0 Å². The third-order valence-electron chi connectivity index (χ3n) is 3.00. The minimum Gasteiger partial charge on any atom is -0.480 e. The fourth-order valence-electron chi connectivity index (χ4n) is 1.80. The predicted octanol–water partition coefficient (Wildman–Crippen LogP) is 0.00194. The number of carboxylic acids is 1. The molecule has 1 aromatic heterocycles. The molecule has 0 fully saturated rings. The number of nitrogens with zero attached hydrogens (tertiary/aromatic N) is 2. The maximum atomic E-state index is 11.7. The quantitative estimate of drug-likeness (QED) is 0.637.